The van der Waals surface area contributed by atoms with E-state index in [0.29, 0.717) is 6.10 Å². The van der Waals surface area contributed by atoms with Crippen molar-refractivity contribution < 1.29 is 4.74 Å². The van der Waals surface area contributed by atoms with E-state index in [0.717, 1.165) is 12.3 Å². The second-order valence-electron chi connectivity index (χ2n) is 5.75. The summed E-state index contributed by atoms with van der Waals surface area (Å²) in [7, 11) is 0. The first-order valence-corrected chi connectivity index (χ1v) is 8.62. The molecule has 2 N–H and O–H groups in total. The van der Waals surface area contributed by atoms with Gasteiger partial charge in [-0.3, -0.25) is 0 Å². The van der Waals surface area contributed by atoms with Crippen molar-refractivity contribution in [1.29, 1.82) is 0 Å². The van der Waals surface area contributed by atoms with Crippen LogP contribution < -0.4 is 5.73 Å². The van der Waals surface area contributed by atoms with Gasteiger partial charge in [-0.25, -0.2) is 0 Å². The summed E-state index contributed by atoms with van der Waals surface area (Å²) in [5.41, 5.74) is 7.53. The molecule has 3 heteroatoms. The van der Waals surface area contributed by atoms with Crippen molar-refractivity contribution in [3.05, 3.63) is 22.4 Å². The molecule has 1 aliphatic carbocycles. The number of hydrogen-bond acceptors (Lipinski definition) is 3. The van der Waals surface area contributed by atoms with Gasteiger partial charge in [0.1, 0.15) is 0 Å². The Morgan fingerprint density at radius 3 is 2.89 bits per heavy atom. The molecule has 2 rings (SSSR count). The highest BCUT2D eigenvalue weighted by Crippen LogP contribution is 2.33. The van der Waals surface area contributed by atoms with E-state index < -0.39 is 0 Å². The number of hydrogen-bond donors (Lipinski definition) is 1. The lowest BCUT2D eigenvalue weighted by molar-refractivity contribution is -0.0534. The zero-order valence-corrected chi connectivity index (χ0v) is 13.0. The van der Waals surface area contributed by atoms with Gasteiger partial charge >= 0.3 is 0 Å². The third-order valence-electron chi connectivity index (χ3n) is 4.38. The Kier molecular flexibility index (Phi) is 5.86. The standard InChI is InChI=1S/C16H27NOS/c1-3-12-6-5-7-14(10-12)18-16(15(17)4-2)13-8-9-19-11-13/h8-9,11-12,14-16H,3-7,10,17H2,1-2H3. The Balaban J connectivity index is 2.00. The molecule has 108 valence electrons. The van der Waals surface area contributed by atoms with E-state index in [-0.39, 0.29) is 12.1 Å². The maximum atomic E-state index is 6.40. The normalized spacial score (nSPS) is 27.1. The lowest BCUT2D eigenvalue weighted by atomic mass is 9.85. The van der Waals surface area contributed by atoms with Crippen molar-refractivity contribution in [2.24, 2.45) is 11.7 Å². The fourth-order valence-electron chi connectivity index (χ4n) is 3.02. The molecule has 0 aliphatic heterocycles. The second kappa shape index (κ2) is 7.41. The molecule has 1 aromatic rings. The zero-order valence-electron chi connectivity index (χ0n) is 12.2. The lowest BCUT2D eigenvalue weighted by Crippen LogP contribution is -2.34. The van der Waals surface area contributed by atoms with Crippen LogP contribution in [-0.2, 0) is 4.74 Å². The average Bonchev–Trinajstić information content (AvgIpc) is 2.98. The van der Waals surface area contributed by atoms with Gasteiger partial charge in [0.2, 0.25) is 0 Å². The van der Waals surface area contributed by atoms with Gasteiger partial charge in [0.25, 0.3) is 0 Å². The molecular formula is C16H27NOS. The number of ether oxygens (including phenoxy) is 1. The smallest absolute Gasteiger partial charge is 0.0987 e. The average molecular weight is 281 g/mol. The first-order chi connectivity index (χ1) is 9.24. The van der Waals surface area contributed by atoms with Crippen molar-refractivity contribution in [2.45, 2.75) is 70.6 Å². The zero-order chi connectivity index (χ0) is 13.7. The highest BCUT2D eigenvalue weighted by atomic mass is 32.1. The van der Waals surface area contributed by atoms with Crippen LogP contribution in [0.5, 0.6) is 0 Å². The summed E-state index contributed by atoms with van der Waals surface area (Å²) in [5, 5.41) is 4.30. The molecule has 0 radical (unpaired) electrons. The molecular weight excluding hydrogens is 254 g/mol. The predicted octanol–water partition coefficient (Wildman–Crippen LogP) is 4.51. The summed E-state index contributed by atoms with van der Waals surface area (Å²) in [6.45, 7) is 4.43. The van der Waals surface area contributed by atoms with E-state index in [1.165, 1.54) is 37.7 Å². The van der Waals surface area contributed by atoms with Gasteiger partial charge in [-0.2, -0.15) is 11.3 Å². The molecule has 1 saturated carbocycles. The maximum Gasteiger partial charge on any atom is 0.0987 e. The topological polar surface area (TPSA) is 35.2 Å². The first-order valence-electron chi connectivity index (χ1n) is 7.67. The summed E-state index contributed by atoms with van der Waals surface area (Å²) in [4.78, 5) is 0. The molecule has 1 heterocycles. The van der Waals surface area contributed by atoms with E-state index in [4.69, 9.17) is 10.5 Å². The van der Waals surface area contributed by atoms with Crippen LogP contribution in [0.1, 0.15) is 64.0 Å². The van der Waals surface area contributed by atoms with E-state index in [9.17, 15) is 0 Å². The fourth-order valence-corrected chi connectivity index (χ4v) is 3.71. The summed E-state index contributed by atoms with van der Waals surface area (Å²) >= 11 is 1.73. The van der Waals surface area contributed by atoms with Crippen molar-refractivity contribution in [3.63, 3.8) is 0 Å². The lowest BCUT2D eigenvalue weighted by Gasteiger charge is -2.33. The van der Waals surface area contributed by atoms with Crippen LogP contribution in [-0.4, -0.2) is 12.1 Å². The third kappa shape index (κ3) is 4.04. The van der Waals surface area contributed by atoms with Crippen LogP contribution in [0.4, 0.5) is 0 Å². The van der Waals surface area contributed by atoms with Gasteiger partial charge in [-0.05, 0) is 47.6 Å². The minimum Gasteiger partial charge on any atom is -0.369 e. The van der Waals surface area contributed by atoms with Gasteiger partial charge in [0.15, 0.2) is 0 Å². The quantitative estimate of drug-likeness (QED) is 0.832. The first kappa shape index (κ1) is 15.0. The third-order valence-corrected chi connectivity index (χ3v) is 5.08. The summed E-state index contributed by atoms with van der Waals surface area (Å²) in [6, 6.07) is 2.27. The fraction of sp³-hybridized carbons (Fsp3) is 0.750. The minimum absolute atomic E-state index is 0.0804. The Bertz CT molecular complexity index is 352. The van der Waals surface area contributed by atoms with Crippen LogP contribution >= 0.6 is 11.3 Å². The Labute approximate surface area is 121 Å². The SMILES string of the molecule is CCC1CCCC(OC(c2ccsc2)C(N)CC)C1. The number of rotatable bonds is 6. The highest BCUT2D eigenvalue weighted by molar-refractivity contribution is 7.07. The summed E-state index contributed by atoms with van der Waals surface area (Å²) in [6.07, 6.45) is 7.83. The molecule has 0 bridgehead atoms. The molecule has 1 aromatic heterocycles. The Morgan fingerprint density at radius 2 is 2.26 bits per heavy atom. The monoisotopic (exact) mass is 281 g/mol. The predicted molar refractivity (Wildman–Crippen MR) is 82.4 cm³/mol. The molecule has 4 unspecified atom stereocenters. The van der Waals surface area contributed by atoms with E-state index in [1.807, 2.05) is 0 Å². The van der Waals surface area contributed by atoms with E-state index in [1.54, 1.807) is 11.3 Å². The summed E-state index contributed by atoms with van der Waals surface area (Å²) < 4.78 is 6.40. The second-order valence-corrected chi connectivity index (χ2v) is 6.53. The van der Waals surface area contributed by atoms with Gasteiger partial charge in [-0.15, -0.1) is 0 Å². The number of nitrogens with two attached hydrogens (primary N) is 1. The van der Waals surface area contributed by atoms with Gasteiger partial charge < -0.3 is 10.5 Å². The molecule has 0 aromatic carbocycles. The van der Waals surface area contributed by atoms with Crippen LogP contribution in [0.3, 0.4) is 0 Å². The Morgan fingerprint density at radius 1 is 1.42 bits per heavy atom. The van der Waals surface area contributed by atoms with Crippen molar-refractivity contribution in [2.75, 3.05) is 0 Å². The molecule has 19 heavy (non-hydrogen) atoms. The maximum absolute atomic E-state index is 6.40. The van der Waals surface area contributed by atoms with Crippen LogP contribution in [0, 0.1) is 5.92 Å². The Hall–Kier alpha value is -0.380. The molecule has 0 amide bonds. The van der Waals surface area contributed by atoms with Crippen molar-refractivity contribution in [3.8, 4) is 0 Å². The molecule has 4 atom stereocenters. The van der Waals surface area contributed by atoms with Crippen LogP contribution in [0.2, 0.25) is 0 Å². The minimum atomic E-state index is 0.0804. The molecule has 1 fully saturated rings. The van der Waals surface area contributed by atoms with E-state index >= 15 is 0 Å². The van der Waals surface area contributed by atoms with Crippen molar-refractivity contribution >= 4 is 11.3 Å². The van der Waals surface area contributed by atoms with E-state index in [2.05, 4.69) is 30.7 Å². The molecule has 0 spiro atoms. The van der Waals surface area contributed by atoms with Crippen LogP contribution in [0.15, 0.2) is 16.8 Å². The molecule has 2 nitrogen and oxygen atoms in total. The molecule has 1 aliphatic rings. The largest absolute Gasteiger partial charge is 0.369 e. The van der Waals surface area contributed by atoms with Crippen LogP contribution in [0.25, 0.3) is 0 Å². The van der Waals surface area contributed by atoms with Gasteiger partial charge in [-0.1, -0.05) is 33.1 Å². The number of thiophene rings is 1. The molecule has 0 saturated heterocycles. The highest BCUT2D eigenvalue weighted by Gasteiger charge is 2.27. The van der Waals surface area contributed by atoms with Gasteiger partial charge in [0.05, 0.1) is 12.2 Å². The van der Waals surface area contributed by atoms with Crippen molar-refractivity contribution in [1.82, 2.24) is 0 Å². The summed E-state index contributed by atoms with van der Waals surface area (Å²) in [5.74, 6) is 0.847. The van der Waals surface area contributed by atoms with Gasteiger partial charge in [0, 0.05) is 6.04 Å².